The number of benzene rings is 2. The van der Waals surface area contributed by atoms with Crippen LogP contribution in [0.15, 0.2) is 59.5 Å². The molecule has 2 aromatic carbocycles. The van der Waals surface area contributed by atoms with Crippen molar-refractivity contribution in [2.75, 3.05) is 0 Å². The lowest BCUT2D eigenvalue weighted by molar-refractivity contribution is -0.140. The van der Waals surface area contributed by atoms with Gasteiger partial charge in [-0.3, -0.25) is 4.79 Å². The van der Waals surface area contributed by atoms with Gasteiger partial charge < -0.3 is 5.11 Å². The van der Waals surface area contributed by atoms with E-state index in [-0.39, 0.29) is 10.8 Å². The Morgan fingerprint density at radius 1 is 0.957 bits per heavy atom. The molecule has 0 aliphatic carbocycles. The van der Waals surface area contributed by atoms with Gasteiger partial charge in [0.05, 0.1) is 4.90 Å². The molecule has 0 saturated carbocycles. The highest BCUT2D eigenvalue weighted by atomic mass is 32.2. The van der Waals surface area contributed by atoms with Crippen LogP contribution >= 0.6 is 0 Å². The average molecular weight is 333 g/mol. The summed E-state index contributed by atoms with van der Waals surface area (Å²) >= 11 is 0. The van der Waals surface area contributed by atoms with E-state index >= 15 is 0 Å². The molecule has 0 spiro atoms. The zero-order valence-corrected chi connectivity index (χ0v) is 13.7. The zero-order chi connectivity index (χ0) is 17.0. The standard InChI is InChI=1S/C17H19NO4S/c1-12(2)16(17(19)20)18-23(21,22)15-10-8-14(9-11-15)13-6-4-3-5-7-13/h3-12,16,18H,1-2H3,(H,19,20)/t16-/m1/s1. The van der Waals surface area contributed by atoms with Gasteiger partial charge in [0.25, 0.3) is 0 Å². The lowest BCUT2D eigenvalue weighted by Crippen LogP contribution is -2.44. The van der Waals surface area contributed by atoms with E-state index in [2.05, 4.69) is 4.72 Å². The van der Waals surface area contributed by atoms with Crippen molar-refractivity contribution in [3.63, 3.8) is 0 Å². The molecule has 6 heteroatoms. The van der Waals surface area contributed by atoms with Crippen LogP contribution in [0, 0.1) is 5.92 Å². The summed E-state index contributed by atoms with van der Waals surface area (Å²) < 4.78 is 26.9. The normalized spacial score (nSPS) is 13.0. The van der Waals surface area contributed by atoms with E-state index in [4.69, 9.17) is 5.11 Å². The summed E-state index contributed by atoms with van der Waals surface area (Å²) in [6.45, 7) is 3.31. The number of aliphatic carboxylic acids is 1. The summed E-state index contributed by atoms with van der Waals surface area (Å²) in [7, 11) is -3.88. The van der Waals surface area contributed by atoms with Crippen molar-refractivity contribution in [1.29, 1.82) is 0 Å². The van der Waals surface area contributed by atoms with Crippen molar-refractivity contribution in [3.05, 3.63) is 54.6 Å². The SMILES string of the molecule is CC(C)[C@@H](NS(=O)(=O)c1ccc(-c2ccccc2)cc1)C(=O)O. The van der Waals surface area contributed by atoms with Gasteiger partial charge in [-0.1, -0.05) is 56.3 Å². The van der Waals surface area contributed by atoms with Crippen molar-refractivity contribution < 1.29 is 18.3 Å². The Morgan fingerprint density at radius 2 is 1.48 bits per heavy atom. The summed E-state index contributed by atoms with van der Waals surface area (Å²) in [5, 5.41) is 9.12. The molecule has 0 aromatic heterocycles. The first-order valence-corrected chi connectivity index (χ1v) is 8.70. The summed E-state index contributed by atoms with van der Waals surface area (Å²) in [4.78, 5) is 11.2. The summed E-state index contributed by atoms with van der Waals surface area (Å²) in [6.07, 6.45) is 0. The van der Waals surface area contributed by atoms with E-state index in [1.165, 1.54) is 12.1 Å². The smallest absolute Gasteiger partial charge is 0.322 e. The second-order valence-corrected chi connectivity index (χ2v) is 7.29. The minimum Gasteiger partial charge on any atom is -0.480 e. The van der Waals surface area contributed by atoms with E-state index in [9.17, 15) is 13.2 Å². The van der Waals surface area contributed by atoms with Gasteiger partial charge in [-0.15, -0.1) is 0 Å². The van der Waals surface area contributed by atoms with Crippen molar-refractivity contribution in [1.82, 2.24) is 4.72 Å². The molecule has 0 radical (unpaired) electrons. The van der Waals surface area contributed by atoms with E-state index in [0.717, 1.165) is 11.1 Å². The van der Waals surface area contributed by atoms with Gasteiger partial charge in [0.1, 0.15) is 6.04 Å². The van der Waals surface area contributed by atoms with Crippen LogP contribution in [0.2, 0.25) is 0 Å². The molecule has 5 nitrogen and oxygen atoms in total. The Hall–Kier alpha value is -2.18. The van der Waals surface area contributed by atoms with Gasteiger partial charge in [0, 0.05) is 0 Å². The first-order valence-electron chi connectivity index (χ1n) is 7.22. The molecule has 0 aliphatic heterocycles. The number of hydrogen-bond donors (Lipinski definition) is 2. The van der Waals surface area contributed by atoms with Crippen LogP contribution in [-0.2, 0) is 14.8 Å². The molecule has 2 aromatic rings. The van der Waals surface area contributed by atoms with Crippen LogP contribution in [0.25, 0.3) is 11.1 Å². The highest BCUT2D eigenvalue weighted by molar-refractivity contribution is 7.89. The van der Waals surface area contributed by atoms with E-state index in [1.807, 2.05) is 30.3 Å². The van der Waals surface area contributed by atoms with Gasteiger partial charge >= 0.3 is 5.97 Å². The Morgan fingerprint density at radius 3 is 1.96 bits per heavy atom. The highest BCUT2D eigenvalue weighted by Gasteiger charge is 2.27. The quantitative estimate of drug-likeness (QED) is 0.851. The average Bonchev–Trinajstić information content (AvgIpc) is 2.53. The van der Waals surface area contributed by atoms with Gasteiger partial charge in [0.2, 0.25) is 10.0 Å². The number of carboxylic acid groups (broad SMARTS) is 1. The van der Waals surface area contributed by atoms with Gasteiger partial charge in [-0.05, 0) is 29.2 Å². The van der Waals surface area contributed by atoms with Crippen LogP contribution < -0.4 is 4.72 Å². The third-order valence-corrected chi connectivity index (χ3v) is 4.94. The number of carbonyl (C=O) groups is 1. The van der Waals surface area contributed by atoms with Crippen LogP contribution in [0.3, 0.4) is 0 Å². The van der Waals surface area contributed by atoms with Crippen molar-refractivity contribution in [3.8, 4) is 11.1 Å². The molecular formula is C17H19NO4S. The number of nitrogens with one attached hydrogen (secondary N) is 1. The van der Waals surface area contributed by atoms with Crippen molar-refractivity contribution >= 4 is 16.0 Å². The molecule has 0 unspecified atom stereocenters. The summed E-state index contributed by atoms with van der Waals surface area (Å²) in [5.41, 5.74) is 1.87. The zero-order valence-electron chi connectivity index (χ0n) is 12.9. The Labute approximate surface area is 136 Å². The molecular weight excluding hydrogens is 314 g/mol. The van der Waals surface area contributed by atoms with Gasteiger partial charge in [-0.2, -0.15) is 4.72 Å². The molecule has 0 bridgehead atoms. The highest BCUT2D eigenvalue weighted by Crippen LogP contribution is 2.21. The summed E-state index contributed by atoms with van der Waals surface area (Å²) in [6, 6.07) is 14.8. The fourth-order valence-corrected chi connectivity index (χ4v) is 3.50. The van der Waals surface area contributed by atoms with E-state index in [1.54, 1.807) is 26.0 Å². The second-order valence-electron chi connectivity index (χ2n) is 5.57. The molecule has 122 valence electrons. The van der Waals surface area contributed by atoms with Crippen molar-refractivity contribution in [2.45, 2.75) is 24.8 Å². The van der Waals surface area contributed by atoms with Gasteiger partial charge in [-0.25, -0.2) is 8.42 Å². The number of rotatable bonds is 6. The van der Waals surface area contributed by atoms with Crippen LogP contribution in [0.4, 0.5) is 0 Å². The Balaban J connectivity index is 2.26. The molecule has 2 rings (SSSR count). The molecule has 2 N–H and O–H groups in total. The minimum atomic E-state index is -3.88. The predicted molar refractivity (Wildman–Crippen MR) is 88.5 cm³/mol. The lowest BCUT2D eigenvalue weighted by Gasteiger charge is -2.18. The maximum atomic E-state index is 12.3. The molecule has 0 fully saturated rings. The van der Waals surface area contributed by atoms with E-state index in [0.29, 0.717) is 0 Å². The summed E-state index contributed by atoms with van der Waals surface area (Å²) in [5.74, 6) is -1.55. The second kappa shape index (κ2) is 6.93. The molecule has 23 heavy (non-hydrogen) atoms. The lowest BCUT2D eigenvalue weighted by atomic mass is 10.1. The van der Waals surface area contributed by atoms with Crippen molar-refractivity contribution in [2.24, 2.45) is 5.92 Å². The fourth-order valence-electron chi connectivity index (χ4n) is 2.16. The Bertz CT molecular complexity index is 768. The third kappa shape index (κ3) is 4.18. The molecule has 1 atom stereocenters. The van der Waals surface area contributed by atoms with E-state index < -0.39 is 22.0 Å². The number of sulfonamides is 1. The largest absolute Gasteiger partial charge is 0.480 e. The topological polar surface area (TPSA) is 83.5 Å². The minimum absolute atomic E-state index is 0.0454. The number of carboxylic acids is 1. The van der Waals surface area contributed by atoms with Crippen LogP contribution in [-0.4, -0.2) is 25.5 Å². The molecule has 0 aliphatic rings. The first-order chi connectivity index (χ1) is 10.8. The molecule has 0 amide bonds. The number of hydrogen-bond acceptors (Lipinski definition) is 3. The maximum absolute atomic E-state index is 12.3. The fraction of sp³-hybridized carbons (Fsp3) is 0.235. The maximum Gasteiger partial charge on any atom is 0.322 e. The predicted octanol–water partition coefficient (Wildman–Crippen LogP) is 2.74. The van der Waals surface area contributed by atoms with Gasteiger partial charge in [0.15, 0.2) is 0 Å². The Kier molecular flexibility index (Phi) is 5.18. The molecule has 0 heterocycles. The third-order valence-electron chi connectivity index (χ3n) is 3.49. The monoisotopic (exact) mass is 333 g/mol. The molecule has 0 saturated heterocycles. The van der Waals surface area contributed by atoms with Crippen LogP contribution in [0.1, 0.15) is 13.8 Å². The van der Waals surface area contributed by atoms with Crippen LogP contribution in [0.5, 0.6) is 0 Å². The first kappa shape index (κ1) is 17.2.